The van der Waals surface area contributed by atoms with Gasteiger partial charge in [0.1, 0.15) is 0 Å². The summed E-state index contributed by atoms with van der Waals surface area (Å²) in [6.07, 6.45) is 0.389. The van der Waals surface area contributed by atoms with Crippen molar-refractivity contribution in [1.29, 1.82) is 0 Å². The van der Waals surface area contributed by atoms with E-state index in [-0.39, 0.29) is 11.8 Å². The Morgan fingerprint density at radius 3 is 2.75 bits per heavy atom. The van der Waals surface area contributed by atoms with Gasteiger partial charge in [-0.3, -0.25) is 4.79 Å². The number of rotatable bonds is 4. The predicted octanol–water partition coefficient (Wildman–Crippen LogP) is 5.00. The van der Waals surface area contributed by atoms with E-state index in [0.29, 0.717) is 30.6 Å². The lowest BCUT2D eigenvalue weighted by atomic mass is 10.0. The van der Waals surface area contributed by atoms with Crippen LogP contribution in [0.2, 0.25) is 0 Å². The third kappa shape index (κ3) is 3.44. The largest absolute Gasteiger partial charge is 0.339 e. The summed E-state index contributed by atoms with van der Waals surface area (Å²) in [6.45, 7) is 8.95. The Hall–Kier alpha value is -2.95. The Labute approximate surface area is 165 Å². The molecule has 2 heterocycles. The number of carbonyl (C=O) groups excluding carboxylic acids is 1. The van der Waals surface area contributed by atoms with Gasteiger partial charge >= 0.3 is 0 Å². The van der Waals surface area contributed by atoms with Crippen LogP contribution in [-0.2, 0) is 4.79 Å². The second-order valence-corrected chi connectivity index (χ2v) is 7.93. The molecule has 0 spiro atoms. The second-order valence-electron chi connectivity index (χ2n) is 7.93. The molecule has 1 aromatic heterocycles. The molecule has 1 aliphatic heterocycles. The average Bonchev–Trinajstić information content (AvgIpc) is 3.30. The molecule has 1 unspecified atom stereocenters. The molecule has 5 nitrogen and oxygen atoms in total. The van der Waals surface area contributed by atoms with Gasteiger partial charge in [0.15, 0.2) is 0 Å². The molecule has 144 valence electrons. The fourth-order valence-electron chi connectivity index (χ4n) is 3.66. The van der Waals surface area contributed by atoms with Gasteiger partial charge in [0.2, 0.25) is 17.6 Å². The first-order chi connectivity index (χ1) is 13.4. The molecule has 0 bridgehead atoms. The smallest absolute Gasteiger partial charge is 0.232 e. The minimum absolute atomic E-state index is 0.0819. The van der Waals surface area contributed by atoms with Crippen molar-refractivity contribution in [1.82, 2.24) is 10.1 Å². The van der Waals surface area contributed by atoms with Gasteiger partial charge in [0.25, 0.3) is 0 Å². The highest BCUT2D eigenvalue weighted by Gasteiger charge is 2.35. The van der Waals surface area contributed by atoms with Crippen LogP contribution in [0, 0.1) is 13.8 Å². The fourth-order valence-corrected chi connectivity index (χ4v) is 3.66. The molecule has 5 heteroatoms. The Morgan fingerprint density at radius 1 is 1.14 bits per heavy atom. The predicted molar refractivity (Wildman–Crippen MR) is 109 cm³/mol. The molecule has 0 radical (unpaired) electrons. The molecule has 0 N–H and O–H groups in total. The number of carbonyl (C=O) groups is 1. The summed E-state index contributed by atoms with van der Waals surface area (Å²) in [5.41, 5.74) is 5.39. The lowest BCUT2D eigenvalue weighted by Gasteiger charge is -2.18. The minimum atomic E-state index is -0.0819. The van der Waals surface area contributed by atoms with E-state index in [9.17, 15) is 4.79 Å². The van der Waals surface area contributed by atoms with Crippen molar-refractivity contribution in [2.24, 2.45) is 0 Å². The van der Waals surface area contributed by atoms with Crippen molar-refractivity contribution in [3.05, 3.63) is 65.0 Å². The Kier molecular flexibility index (Phi) is 4.75. The highest BCUT2D eigenvalue weighted by molar-refractivity contribution is 5.96. The third-order valence-electron chi connectivity index (χ3n) is 5.40. The number of nitrogens with zero attached hydrogens (tertiary/aromatic N) is 3. The van der Waals surface area contributed by atoms with E-state index in [2.05, 4.69) is 54.3 Å². The number of hydrogen-bond acceptors (Lipinski definition) is 4. The van der Waals surface area contributed by atoms with Crippen molar-refractivity contribution < 1.29 is 9.32 Å². The van der Waals surface area contributed by atoms with Crippen LogP contribution in [0.1, 0.15) is 54.7 Å². The van der Waals surface area contributed by atoms with Crippen molar-refractivity contribution in [3.63, 3.8) is 0 Å². The monoisotopic (exact) mass is 375 g/mol. The summed E-state index contributed by atoms with van der Waals surface area (Å²) in [7, 11) is 0. The van der Waals surface area contributed by atoms with Crippen LogP contribution >= 0.6 is 0 Å². The van der Waals surface area contributed by atoms with E-state index in [0.717, 1.165) is 22.4 Å². The zero-order valence-electron chi connectivity index (χ0n) is 16.8. The van der Waals surface area contributed by atoms with Crippen molar-refractivity contribution in [2.75, 3.05) is 11.4 Å². The van der Waals surface area contributed by atoms with E-state index in [4.69, 9.17) is 4.52 Å². The quantitative estimate of drug-likeness (QED) is 0.644. The molecule has 1 atom stereocenters. The van der Waals surface area contributed by atoms with E-state index >= 15 is 0 Å². The maximum atomic E-state index is 12.7. The Bertz CT molecular complexity index is 1020. The fraction of sp³-hybridized carbons (Fsp3) is 0.348. The lowest BCUT2D eigenvalue weighted by Crippen LogP contribution is -2.24. The van der Waals surface area contributed by atoms with E-state index in [1.165, 1.54) is 5.56 Å². The van der Waals surface area contributed by atoms with Gasteiger partial charge in [-0.2, -0.15) is 4.98 Å². The van der Waals surface area contributed by atoms with Gasteiger partial charge in [-0.1, -0.05) is 48.8 Å². The summed E-state index contributed by atoms with van der Waals surface area (Å²) in [5.74, 6) is 1.55. The maximum Gasteiger partial charge on any atom is 0.232 e. The lowest BCUT2D eigenvalue weighted by molar-refractivity contribution is -0.117. The molecule has 0 saturated carbocycles. The van der Waals surface area contributed by atoms with Gasteiger partial charge in [-0.25, -0.2) is 0 Å². The van der Waals surface area contributed by atoms with Gasteiger partial charge < -0.3 is 9.42 Å². The van der Waals surface area contributed by atoms with E-state index < -0.39 is 0 Å². The molecule has 1 saturated heterocycles. The van der Waals surface area contributed by atoms with Crippen LogP contribution in [0.25, 0.3) is 11.4 Å². The summed E-state index contributed by atoms with van der Waals surface area (Å²) in [4.78, 5) is 19.1. The summed E-state index contributed by atoms with van der Waals surface area (Å²) in [5, 5.41) is 4.18. The van der Waals surface area contributed by atoms with Crippen molar-refractivity contribution in [3.8, 4) is 11.4 Å². The summed E-state index contributed by atoms with van der Waals surface area (Å²) >= 11 is 0. The number of hydrogen-bond donors (Lipinski definition) is 0. The van der Waals surface area contributed by atoms with Gasteiger partial charge in [-0.15, -0.1) is 0 Å². The number of aromatic nitrogens is 2. The molecular formula is C23H25N3O2. The molecule has 0 aliphatic carbocycles. The van der Waals surface area contributed by atoms with Crippen LogP contribution in [0.4, 0.5) is 5.69 Å². The maximum absolute atomic E-state index is 12.7. The van der Waals surface area contributed by atoms with Crippen LogP contribution < -0.4 is 4.90 Å². The summed E-state index contributed by atoms with van der Waals surface area (Å²) < 4.78 is 5.55. The SMILES string of the molecule is Cc1ccc(C)c(-c2noc(C3CC(=O)N(c4cccc(C(C)C)c4)C3)n2)c1. The molecule has 2 aromatic carbocycles. The first kappa shape index (κ1) is 18.4. The summed E-state index contributed by atoms with van der Waals surface area (Å²) in [6, 6.07) is 14.4. The number of anilines is 1. The molecule has 1 fully saturated rings. The molecule has 1 amide bonds. The van der Waals surface area contributed by atoms with Crippen LogP contribution in [-0.4, -0.2) is 22.6 Å². The molecule has 4 rings (SSSR count). The van der Waals surface area contributed by atoms with Gasteiger partial charge in [0, 0.05) is 24.2 Å². The average molecular weight is 375 g/mol. The van der Waals surface area contributed by atoms with Crippen LogP contribution in [0.15, 0.2) is 47.0 Å². The van der Waals surface area contributed by atoms with Gasteiger partial charge in [0.05, 0.1) is 5.92 Å². The molecule has 3 aromatic rings. The van der Waals surface area contributed by atoms with Crippen molar-refractivity contribution in [2.45, 2.75) is 46.0 Å². The topological polar surface area (TPSA) is 59.2 Å². The van der Waals surface area contributed by atoms with Crippen molar-refractivity contribution >= 4 is 11.6 Å². The minimum Gasteiger partial charge on any atom is -0.339 e. The van der Waals surface area contributed by atoms with E-state index in [1.54, 1.807) is 0 Å². The number of amides is 1. The third-order valence-corrected chi connectivity index (χ3v) is 5.40. The van der Waals surface area contributed by atoms with Gasteiger partial charge in [-0.05, 0) is 49.1 Å². The molecule has 1 aliphatic rings. The zero-order valence-corrected chi connectivity index (χ0v) is 16.8. The molecule has 28 heavy (non-hydrogen) atoms. The number of aryl methyl sites for hydroxylation is 2. The van der Waals surface area contributed by atoms with E-state index in [1.807, 2.05) is 30.9 Å². The first-order valence-electron chi connectivity index (χ1n) is 9.74. The standard InChI is InChI=1S/C23H25N3O2/c1-14(2)17-6-5-7-19(11-17)26-13-18(12-21(26)27)23-24-22(25-28-23)20-10-15(3)8-9-16(20)4/h5-11,14,18H,12-13H2,1-4H3. The molecular weight excluding hydrogens is 350 g/mol. The van der Waals surface area contributed by atoms with Crippen LogP contribution in [0.3, 0.4) is 0 Å². The highest BCUT2D eigenvalue weighted by atomic mass is 16.5. The normalized spacial score (nSPS) is 17.0. The zero-order chi connectivity index (χ0) is 19.8. The first-order valence-corrected chi connectivity index (χ1v) is 9.74. The Balaban J connectivity index is 1.57. The second kappa shape index (κ2) is 7.23. The van der Waals surface area contributed by atoms with Crippen LogP contribution in [0.5, 0.6) is 0 Å². The Morgan fingerprint density at radius 2 is 1.96 bits per heavy atom. The highest BCUT2D eigenvalue weighted by Crippen LogP contribution is 2.33. The number of benzene rings is 2.